The van der Waals surface area contributed by atoms with Crippen LogP contribution in [0, 0.1) is 0 Å². The molecule has 0 heterocycles. The molecule has 0 fully saturated rings. The molecule has 0 radical (unpaired) electrons. The van der Waals surface area contributed by atoms with Crippen LogP contribution < -0.4 is 0 Å². The van der Waals surface area contributed by atoms with Crippen LogP contribution >= 0.6 is 11.8 Å². The van der Waals surface area contributed by atoms with Crippen molar-refractivity contribution < 1.29 is 35.5 Å². The number of halogens is 7. The van der Waals surface area contributed by atoms with E-state index < -0.39 is 41.7 Å². The van der Waals surface area contributed by atoms with Gasteiger partial charge in [-0.25, -0.2) is 17.6 Å². The van der Waals surface area contributed by atoms with Crippen LogP contribution in [0.25, 0.3) is 0 Å². The number of thioether (sulfide) groups is 1. The maximum absolute atomic E-state index is 13.2. The summed E-state index contributed by atoms with van der Waals surface area (Å²) in [6, 6.07) is 7.55. The maximum atomic E-state index is 13.2. The molecule has 0 aliphatic carbocycles. The summed E-state index contributed by atoms with van der Waals surface area (Å²) in [7, 11) is 0. The van der Waals surface area contributed by atoms with Crippen molar-refractivity contribution in [3.63, 3.8) is 0 Å². The number of rotatable bonds is 6. The fourth-order valence-electron chi connectivity index (χ4n) is 1.46. The monoisotopic (exact) mass is 348 g/mol. The first kappa shape index (κ1) is 18.8. The first-order chi connectivity index (χ1) is 10.1. The Morgan fingerprint density at radius 3 is 2.05 bits per heavy atom. The van der Waals surface area contributed by atoms with E-state index in [0.29, 0.717) is 11.8 Å². The number of hydrogen-bond acceptors (Lipinski definition) is 2. The van der Waals surface area contributed by atoms with Crippen LogP contribution in [0.1, 0.15) is 16.8 Å². The molecule has 0 bridgehead atoms. The Hall–Kier alpha value is -1.25. The molecule has 22 heavy (non-hydrogen) atoms. The quantitative estimate of drug-likeness (QED) is 0.686. The van der Waals surface area contributed by atoms with Gasteiger partial charge in [-0.15, -0.1) is 0 Å². The topological polar surface area (TPSA) is 17.1 Å². The largest absolute Gasteiger partial charge is 0.422 e. The molecule has 0 N–H and O–H groups in total. The molecule has 0 aliphatic heterocycles. The van der Waals surface area contributed by atoms with Gasteiger partial charge in [-0.3, -0.25) is 4.79 Å². The molecule has 0 amide bonds. The molecule has 0 saturated carbocycles. The lowest BCUT2D eigenvalue weighted by molar-refractivity contribution is -0.226. The van der Waals surface area contributed by atoms with Crippen LogP contribution in [0.5, 0.6) is 0 Å². The summed E-state index contributed by atoms with van der Waals surface area (Å²) in [6.07, 6.45) is -15.3. The van der Waals surface area contributed by atoms with E-state index in [1.54, 1.807) is 6.07 Å². The van der Waals surface area contributed by atoms with Gasteiger partial charge in [0.1, 0.15) is 0 Å². The Morgan fingerprint density at radius 2 is 1.55 bits per heavy atom. The van der Waals surface area contributed by atoms with Crippen molar-refractivity contribution in [2.24, 2.45) is 0 Å². The van der Waals surface area contributed by atoms with E-state index in [2.05, 4.69) is 0 Å². The van der Waals surface area contributed by atoms with Crippen molar-refractivity contribution in [2.75, 3.05) is 5.75 Å². The molecule has 2 unspecified atom stereocenters. The fraction of sp³-hybridized carbons (Fsp3) is 0.462. The summed E-state index contributed by atoms with van der Waals surface area (Å²) < 4.78 is 87.7. The van der Waals surface area contributed by atoms with Gasteiger partial charge in [0.05, 0.1) is 0 Å². The molecule has 1 aromatic carbocycles. The predicted octanol–water partition coefficient (Wildman–Crippen LogP) is 4.82. The average Bonchev–Trinajstić information content (AvgIpc) is 2.45. The zero-order chi connectivity index (χ0) is 17.0. The van der Waals surface area contributed by atoms with Crippen LogP contribution in [-0.2, 0) is 0 Å². The molecular formula is C13H11F7OS. The third-order valence-electron chi connectivity index (χ3n) is 2.65. The van der Waals surface area contributed by atoms with E-state index in [-0.39, 0.29) is 5.56 Å². The number of benzene rings is 1. The maximum Gasteiger partial charge on any atom is 0.422 e. The molecule has 9 heteroatoms. The Labute approximate surface area is 125 Å². The summed E-state index contributed by atoms with van der Waals surface area (Å²) in [5.41, 5.74) is 0.214. The summed E-state index contributed by atoms with van der Waals surface area (Å²) in [6.45, 7) is 0. The van der Waals surface area contributed by atoms with Gasteiger partial charge in [0.15, 0.2) is 0 Å². The van der Waals surface area contributed by atoms with Crippen LogP contribution in [0.3, 0.4) is 0 Å². The van der Waals surface area contributed by atoms with Gasteiger partial charge in [-0.1, -0.05) is 42.1 Å². The highest BCUT2D eigenvalue weighted by molar-refractivity contribution is 8.14. The number of alkyl halides is 7. The van der Waals surface area contributed by atoms with E-state index in [4.69, 9.17) is 0 Å². The molecule has 2 atom stereocenters. The van der Waals surface area contributed by atoms with Crippen molar-refractivity contribution in [1.29, 1.82) is 0 Å². The first-order valence-electron chi connectivity index (χ1n) is 6.00. The lowest BCUT2D eigenvalue weighted by Gasteiger charge is -2.24. The third-order valence-corrected chi connectivity index (χ3v) is 3.56. The summed E-state index contributed by atoms with van der Waals surface area (Å²) in [4.78, 5) is 11.6. The predicted molar refractivity (Wildman–Crippen MR) is 68.6 cm³/mol. The zero-order valence-corrected chi connectivity index (χ0v) is 11.7. The van der Waals surface area contributed by atoms with Gasteiger partial charge in [-0.05, 0) is 0 Å². The zero-order valence-electron chi connectivity index (χ0n) is 10.9. The third kappa shape index (κ3) is 5.19. The molecule has 1 nitrogen and oxygen atoms in total. The number of carbonyl (C=O) groups excluding carboxylic acids is 1. The fourth-order valence-corrected chi connectivity index (χ4v) is 2.32. The Bertz CT molecular complexity index is 489. The molecule has 124 valence electrons. The second-order valence-corrected chi connectivity index (χ2v) is 5.43. The van der Waals surface area contributed by atoms with Crippen molar-refractivity contribution >= 4 is 16.9 Å². The molecule has 0 saturated heterocycles. The standard InChI is InChI=1S/C13H11F7OS/c14-9(10(15)13(18,19)20)12(16,17)6-7-22-11(21)8-4-2-1-3-5-8/h1-5,9-10H,6-7H2. The van der Waals surface area contributed by atoms with Gasteiger partial charge in [0.2, 0.25) is 17.5 Å². The highest BCUT2D eigenvalue weighted by Gasteiger charge is 2.55. The van der Waals surface area contributed by atoms with Crippen molar-refractivity contribution in [2.45, 2.75) is 30.9 Å². The summed E-state index contributed by atoms with van der Waals surface area (Å²) in [5, 5.41) is -0.584. The van der Waals surface area contributed by atoms with Crippen LogP contribution in [0.2, 0.25) is 0 Å². The van der Waals surface area contributed by atoms with Gasteiger partial charge < -0.3 is 0 Å². The first-order valence-corrected chi connectivity index (χ1v) is 6.99. The van der Waals surface area contributed by atoms with E-state index >= 15 is 0 Å². The Morgan fingerprint density at radius 1 is 1.00 bits per heavy atom. The van der Waals surface area contributed by atoms with E-state index in [0.717, 1.165) is 0 Å². The summed E-state index contributed by atoms with van der Waals surface area (Å²) in [5.74, 6) is -5.15. The van der Waals surface area contributed by atoms with Gasteiger partial charge >= 0.3 is 6.18 Å². The lowest BCUT2D eigenvalue weighted by atomic mass is 10.1. The van der Waals surface area contributed by atoms with Crippen molar-refractivity contribution in [3.8, 4) is 0 Å². The highest BCUT2D eigenvalue weighted by atomic mass is 32.2. The molecule has 1 rings (SSSR count). The van der Waals surface area contributed by atoms with Crippen LogP contribution in [0.15, 0.2) is 30.3 Å². The second kappa shape index (κ2) is 7.34. The minimum Gasteiger partial charge on any atom is -0.282 e. The number of carbonyl (C=O) groups is 1. The molecule has 0 aliphatic rings. The SMILES string of the molecule is O=C(SCCC(F)(F)C(F)C(F)C(F)(F)F)c1ccccc1. The minimum atomic E-state index is -5.70. The molecule has 1 aromatic rings. The highest BCUT2D eigenvalue weighted by Crippen LogP contribution is 2.37. The van der Waals surface area contributed by atoms with Crippen molar-refractivity contribution in [1.82, 2.24) is 0 Å². The smallest absolute Gasteiger partial charge is 0.282 e. The van der Waals surface area contributed by atoms with Crippen LogP contribution in [0.4, 0.5) is 30.7 Å². The Kier molecular flexibility index (Phi) is 6.27. The molecule has 0 aromatic heterocycles. The molecule has 0 spiro atoms. The van der Waals surface area contributed by atoms with Gasteiger partial charge in [0.25, 0.3) is 5.92 Å². The van der Waals surface area contributed by atoms with Gasteiger partial charge in [-0.2, -0.15) is 13.2 Å². The lowest BCUT2D eigenvalue weighted by Crippen LogP contribution is -2.45. The molecular weight excluding hydrogens is 337 g/mol. The van der Waals surface area contributed by atoms with E-state index in [9.17, 15) is 35.5 Å². The summed E-state index contributed by atoms with van der Waals surface area (Å²) >= 11 is 0.404. The number of hydrogen-bond donors (Lipinski definition) is 0. The Balaban J connectivity index is 2.54. The average molecular weight is 348 g/mol. The van der Waals surface area contributed by atoms with E-state index in [1.807, 2.05) is 0 Å². The minimum absolute atomic E-state index is 0.214. The van der Waals surface area contributed by atoms with Crippen molar-refractivity contribution in [3.05, 3.63) is 35.9 Å². The second-order valence-electron chi connectivity index (χ2n) is 4.36. The van der Waals surface area contributed by atoms with Gasteiger partial charge in [0, 0.05) is 17.7 Å². The van der Waals surface area contributed by atoms with Crippen LogP contribution in [-0.4, -0.2) is 35.3 Å². The van der Waals surface area contributed by atoms with E-state index in [1.165, 1.54) is 24.3 Å². The normalized spacial score (nSPS) is 15.4.